The van der Waals surface area contributed by atoms with Gasteiger partial charge in [0.2, 0.25) is 0 Å². The number of carbonyl (C=O) groups excluding carboxylic acids is 2. The van der Waals surface area contributed by atoms with Gasteiger partial charge in [0, 0.05) is 19.2 Å². The zero-order valence-electron chi connectivity index (χ0n) is 18.5. The number of Topliss-reactive ketones (excluding diaryl/α,β-unsaturated/α-hetero) is 1. The van der Waals surface area contributed by atoms with Crippen molar-refractivity contribution in [1.29, 1.82) is 0 Å². The molecule has 2 aromatic carbocycles. The quantitative estimate of drug-likeness (QED) is 0.316. The second-order valence-electron chi connectivity index (χ2n) is 7.80. The van der Waals surface area contributed by atoms with Crippen LogP contribution in [0.15, 0.2) is 76.9 Å². The molecule has 1 amide bonds. The van der Waals surface area contributed by atoms with Gasteiger partial charge in [-0.15, -0.1) is 0 Å². The van der Waals surface area contributed by atoms with Crippen LogP contribution in [0.1, 0.15) is 28.5 Å². The van der Waals surface area contributed by atoms with E-state index < -0.39 is 17.7 Å². The fraction of sp³-hybridized carbons (Fsp3) is 0.231. The number of aliphatic hydroxyl groups excluding tert-OH is 1. The highest BCUT2D eigenvalue weighted by atomic mass is 16.5. The van der Waals surface area contributed by atoms with Crippen LogP contribution in [0.3, 0.4) is 0 Å². The van der Waals surface area contributed by atoms with Gasteiger partial charge in [-0.2, -0.15) is 0 Å². The molecule has 33 heavy (non-hydrogen) atoms. The van der Waals surface area contributed by atoms with E-state index >= 15 is 0 Å². The summed E-state index contributed by atoms with van der Waals surface area (Å²) in [5, 5.41) is 11.0. The third-order valence-electron chi connectivity index (χ3n) is 5.50. The first kappa shape index (κ1) is 22.4. The predicted octanol–water partition coefficient (Wildman–Crippen LogP) is 4.24. The maximum absolute atomic E-state index is 12.8. The predicted molar refractivity (Wildman–Crippen MR) is 122 cm³/mol. The number of ketones is 1. The first-order valence-electron chi connectivity index (χ1n) is 10.6. The number of likely N-dealkylation sites (tertiary alicyclic amines) is 1. The largest absolute Gasteiger partial charge is 0.507 e. The molecule has 1 aromatic heterocycles. The van der Waals surface area contributed by atoms with Crippen molar-refractivity contribution in [2.45, 2.75) is 19.6 Å². The van der Waals surface area contributed by atoms with E-state index in [9.17, 15) is 14.7 Å². The Kier molecular flexibility index (Phi) is 6.60. The summed E-state index contributed by atoms with van der Waals surface area (Å²) in [4.78, 5) is 26.9. The summed E-state index contributed by atoms with van der Waals surface area (Å²) in [6.07, 6.45) is 1.46. The van der Waals surface area contributed by atoms with E-state index in [-0.39, 0.29) is 24.5 Å². The number of amides is 1. The van der Waals surface area contributed by atoms with Gasteiger partial charge in [-0.25, -0.2) is 0 Å². The number of aryl methyl sites for hydroxylation is 1. The minimum Gasteiger partial charge on any atom is -0.507 e. The summed E-state index contributed by atoms with van der Waals surface area (Å²) in [6, 6.07) is 17.3. The van der Waals surface area contributed by atoms with E-state index in [0.717, 1.165) is 11.1 Å². The fourth-order valence-electron chi connectivity index (χ4n) is 3.88. The molecule has 0 unspecified atom stereocenters. The van der Waals surface area contributed by atoms with Crippen LogP contribution in [-0.4, -0.2) is 42.0 Å². The third-order valence-corrected chi connectivity index (χ3v) is 5.50. The van der Waals surface area contributed by atoms with Gasteiger partial charge in [-0.3, -0.25) is 9.59 Å². The molecule has 1 N–H and O–H groups in total. The third kappa shape index (κ3) is 4.68. The summed E-state index contributed by atoms with van der Waals surface area (Å²) in [7, 11) is 1.51. The molecule has 0 aliphatic carbocycles. The molecule has 0 spiro atoms. The number of carbonyl (C=O) groups is 2. The van der Waals surface area contributed by atoms with Gasteiger partial charge in [0.25, 0.3) is 11.7 Å². The molecule has 2 heterocycles. The minimum atomic E-state index is -0.826. The van der Waals surface area contributed by atoms with Gasteiger partial charge in [0.05, 0.1) is 18.4 Å². The molecule has 0 saturated carbocycles. The minimum absolute atomic E-state index is 0.0144. The van der Waals surface area contributed by atoms with E-state index in [4.69, 9.17) is 13.9 Å². The molecule has 7 heteroatoms. The highest BCUT2D eigenvalue weighted by Crippen LogP contribution is 2.39. The number of benzene rings is 2. The molecular formula is C26H25NO6. The molecule has 1 aliphatic rings. The molecule has 4 rings (SSSR count). The highest BCUT2D eigenvalue weighted by molar-refractivity contribution is 6.46. The molecule has 0 radical (unpaired) electrons. The van der Waals surface area contributed by atoms with Crippen LogP contribution in [-0.2, 0) is 20.9 Å². The first-order valence-corrected chi connectivity index (χ1v) is 10.6. The Labute approximate surface area is 191 Å². The van der Waals surface area contributed by atoms with Crippen molar-refractivity contribution in [3.05, 3.63) is 95.0 Å². The summed E-state index contributed by atoms with van der Waals surface area (Å²) in [5.41, 5.74) is 2.60. The smallest absolute Gasteiger partial charge is 0.295 e. The van der Waals surface area contributed by atoms with Crippen LogP contribution < -0.4 is 4.74 Å². The van der Waals surface area contributed by atoms with Gasteiger partial charge < -0.3 is 23.9 Å². The van der Waals surface area contributed by atoms with Crippen molar-refractivity contribution in [3.8, 4) is 5.75 Å². The molecule has 1 atom stereocenters. The van der Waals surface area contributed by atoms with Crippen LogP contribution in [0, 0.1) is 6.92 Å². The lowest BCUT2D eigenvalue weighted by Gasteiger charge is -2.22. The van der Waals surface area contributed by atoms with E-state index in [1.807, 2.05) is 25.1 Å². The standard InChI is InChI=1S/C26H25NO6/c1-17-5-3-6-18(15-17)16-33-20-10-8-19(9-11-20)24(28)22-23(21-7-4-13-32-21)27(12-14-31-2)26(30)25(22)29/h3-11,13,15,23,28H,12,14,16H2,1-2H3/t23-/m1/s1. The van der Waals surface area contributed by atoms with Gasteiger partial charge in [-0.05, 0) is 48.9 Å². The van der Waals surface area contributed by atoms with Crippen LogP contribution in [0.2, 0.25) is 0 Å². The second-order valence-corrected chi connectivity index (χ2v) is 7.80. The van der Waals surface area contributed by atoms with Crippen molar-refractivity contribution in [1.82, 2.24) is 4.90 Å². The number of nitrogens with zero attached hydrogens (tertiary/aromatic N) is 1. The van der Waals surface area contributed by atoms with E-state index in [1.165, 1.54) is 18.3 Å². The van der Waals surface area contributed by atoms with Gasteiger partial charge in [-0.1, -0.05) is 29.8 Å². The Morgan fingerprint density at radius 3 is 2.55 bits per heavy atom. The van der Waals surface area contributed by atoms with Gasteiger partial charge in [0.1, 0.15) is 29.9 Å². The number of hydrogen-bond acceptors (Lipinski definition) is 6. The summed E-state index contributed by atoms with van der Waals surface area (Å²) < 4.78 is 16.4. The Bertz CT molecular complexity index is 1160. The average Bonchev–Trinajstić information content (AvgIpc) is 3.43. The van der Waals surface area contributed by atoms with E-state index in [2.05, 4.69) is 6.07 Å². The summed E-state index contributed by atoms with van der Waals surface area (Å²) >= 11 is 0. The second kappa shape index (κ2) is 9.75. The van der Waals surface area contributed by atoms with Crippen LogP contribution in [0.4, 0.5) is 0 Å². The van der Waals surface area contributed by atoms with Crippen LogP contribution in [0.25, 0.3) is 5.76 Å². The van der Waals surface area contributed by atoms with Crippen LogP contribution in [0.5, 0.6) is 5.75 Å². The molecule has 3 aromatic rings. The number of methoxy groups -OCH3 is 1. The normalized spacial score (nSPS) is 17.5. The lowest BCUT2D eigenvalue weighted by Crippen LogP contribution is -2.32. The zero-order chi connectivity index (χ0) is 23.4. The Morgan fingerprint density at radius 1 is 1.09 bits per heavy atom. The van der Waals surface area contributed by atoms with Crippen molar-refractivity contribution in [3.63, 3.8) is 0 Å². The van der Waals surface area contributed by atoms with Crippen molar-refractivity contribution >= 4 is 17.4 Å². The molecule has 170 valence electrons. The maximum atomic E-state index is 12.8. The molecule has 1 saturated heterocycles. The average molecular weight is 447 g/mol. The zero-order valence-corrected chi connectivity index (χ0v) is 18.5. The van der Waals surface area contributed by atoms with Crippen LogP contribution >= 0.6 is 0 Å². The van der Waals surface area contributed by atoms with E-state index in [0.29, 0.717) is 23.7 Å². The van der Waals surface area contributed by atoms with Crippen molar-refractivity contribution < 1.29 is 28.6 Å². The molecule has 0 bridgehead atoms. The van der Waals surface area contributed by atoms with Gasteiger partial charge >= 0.3 is 0 Å². The lowest BCUT2D eigenvalue weighted by molar-refractivity contribution is -0.140. The fourth-order valence-corrected chi connectivity index (χ4v) is 3.88. The maximum Gasteiger partial charge on any atom is 0.295 e. The number of aliphatic hydroxyl groups is 1. The SMILES string of the molecule is COCCN1C(=O)C(=O)C(=C(O)c2ccc(OCc3cccc(C)c3)cc2)[C@H]1c1ccco1. The number of rotatable bonds is 8. The molecular weight excluding hydrogens is 422 g/mol. The Balaban J connectivity index is 1.60. The topological polar surface area (TPSA) is 89.2 Å². The van der Waals surface area contributed by atoms with E-state index in [1.54, 1.807) is 36.4 Å². The summed E-state index contributed by atoms with van der Waals surface area (Å²) in [5.74, 6) is -0.709. The first-order chi connectivity index (χ1) is 16.0. The number of ether oxygens (including phenoxy) is 2. The monoisotopic (exact) mass is 447 g/mol. The Morgan fingerprint density at radius 2 is 1.88 bits per heavy atom. The molecule has 1 aliphatic heterocycles. The Hall–Kier alpha value is -3.84. The number of hydrogen-bond donors (Lipinski definition) is 1. The molecule has 1 fully saturated rings. The number of furan rings is 1. The lowest BCUT2D eigenvalue weighted by atomic mass is 9.99. The van der Waals surface area contributed by atoms with Crippen molar-refractivity contribution in [2.24, 2.45) is 0 Å². The highest BCUT2D eigenvalue weighted by Gasteiger charge is 2.47. The molecule has 7 nitrogen and oxygen atoms in total. The summed E-state index contributed by atoms with van der Waals surface area (Å²) in [6.45, 7) is 2.87. The van der Waals surface area contributed by atoms with Crippen molar-refractivity contribution in [2.75, 3.05) is 20.3 Å². The van der Waals surface area contributed by atoms with Gasteiger partial charge in [0.15, 0.2) is 0 Å².